The first-order chi connectivity index (χ1) is 10.6. The van der Waals surface area contributed by atoms with Crippen LogP contribution in [0.1, 0.15) is 33.6 Å². The van der Waals surface area contributed by atoms with Crippen LogP contribution in [0.3, 0.4) is 0 Å². The number of allylic oxidation sites excluding steroid dienone is 2. The Morgan fingerprint density at radius 2 is 2.13 bits per heavy atom. The second-order valence-electron chi connectivity index (χ2n) is 9.09. The van der Waals surface area contributed by atoms with Gasteiger partial charge in [-0.25, -0.2) is 0 Å². The standard InChI is InChI=1S/C19H30O3Si/c1-7-15(22-23(5,6)18(2,3)4)16-17(20)21-12-19(16)11-13-8-9-14(19)10-13/h7-9,13-16H,1,10-12H2,2-6H3/t13-,14+,15+,16?,19+/m1/s1. The maximum Gasteiger partial charge on any atom is 0.312 e. The monoisotopic (exact) mass is 334 g/mol. The SMILES string of the molecule is C=C[C@H](O[Si](C)(C)C(C)(C)C)C1C(=O)OC[C@]12C[C@@H]1C=C[C@H]2C1. The van der Waals surface area contributed by atoms with Gasteiger partial charge < -0.3 is 9.16 Å². The Morgan fingerprint density at radius 1 is 1.43 bits per heavy atom. The molecule has 5 atom stereocenters. The first-order valence-electron chi connectivity index (χ1n) is 8.76. The molecule has 1 saturated carbocycles. The average Bonchev–Trinajstić information content (AvgIpc) is 3.11. The summed E-state index contributed by atoms with van der Waals surface area (Å²) in [6.45, 7) is 15.7. The molecule has 1 heterocycles. The number of ether oxygens (including phenoxy) is 1. The lowest BCUT2D eigenvalue weighted by Crippen LogP contribution is -2.49. The number of fused-ring (bicyclic) bond motifs is 3. The quantitative estimate of drug-likeness (QED) is 0.436. The summed E-state index contributed by atoms with van der Waals surface area (Å²) < 4.78 is 12.1. The lowest BCUT2D eigenvalue weighted by molar-refractivity contribution is -0.143. The summed E-state index contributed by atoms with van der Waals surface area (Å²) in [6, 6.07) is 0. The minimum absolute atomic E-state index is 0.0717. The van der Waals surface area contributed by atoms with Crippen LogP contribution in [-0.4, -0.2) is 27.0 Å². The zero-order valence-electron chi connectivity index (χ0n) is 15.1. The van der Waals surface area contributed by atoms with Crippen molar-refractivity contribution in [1.82, 2.24) is 0 Å². The Morgan fingerprint density at radius 3 is 2.61 bits per heavy atom. The van der Waals surface area contributed by atoms with Gasteiger partial charge in [0.1, 0.15) is 0 Å². The van der Waals surface area contributed by atoms with Crippen molar-refractivity contribution in [2.24, 2.45) is 23.2 Å². The molecular formula is C19H30O3Si. The van der Waals surface area contributed by atoms with E-state index in [0.29, 0.717) is 18.4 Å². The first kappa shape index (κ1) is 17.0. The average molecular weight is 335 g/mol. The van der Waals surface area contributed by atoms with E-state index in [1.165, 1.54) is 0 Å². The molecule has 3 aliphatic rings. The van der Waals surface area contributed by atoms with Crippen LogP contribution >= 0.6 is 0 Å². The maximum absolute atomic E-state index is 12.6. The number of esters is 1. The van der Waals surface area contributed by atoms with Gasteiger partial charge in [0.25, 0.3) is 0 Å². The molecule has 1 unspecified atom stereocenters. The Labute approximate surface area is 141 Å². The zero-order chi connectivity index (χ0) is 17.0. The second kappa shape index (κ2) is 5.32. The van der Waals surface area contributed by atoms with Gasteiger partial charge >= 0.3 is 5.97 Å². The molecule has 2 bridgehead atoms. The second-order valence-corrected chi connectivity index (χ2v) is 13.8. The summed E-state index contributed by atoms with van der Waals surface area (Å²) in [5, 5.41) is 0.110. The van der Waals surface area contributed by atoms with Crippen LogP contribution < -0.4 is 0 Å². The molecule has 0 N–H and O–H groups in total. The van der Waals surface area contributed by atoms with Gasteiger partial charge in [-0.05, 0) is 42.8 Å². The molecule has 2 aliphatic carbocycles. The third-order valence-electron chi connectivity index (χ3n) is 6.71. The van der Waals surface area contributed by atoms with E-state index in [9.17, 15) is 4.79 Å². The molecule has 4 heteroatoms. The fraction of sp³-hybridized carbons (Fsp3) is 0.737. The summed E-state index contributed by atoms with van der Waals surface area (Å²) >= 11 is 0. The highest BCUT2D eigenvalue weighted by Crippen LogP contribution is 2.60. The molecule has 23 heavy (non-hydrogen) atoms. The Hall–Kier alpha value is -0.873. The van der Waals surface area contributed by atoms with E-state index in [-0.39, 0.29) is 28.4 Å². The molecule has 1 saturated heterocycles. The van der Waals surface area contributed by atoms with Gasteiger partial charge in [0.15, 0.2) is 8.32 Å². The molecule has 1 spiro atoms. The van der Waals surface area contributed by atoms with Crippen molar-refractivity contribution in [3.63, 3.8) is 0 Å². The summed E-state index contributed by atoms with van der Waals surface area (Å²) in [5.41, 5.74) is -0.0717. The van der Waals surface area contributed by atoms with Crippen LogP contribution in [-0.2, 0) is 14.0 Å². The summed E-state index contributed by atoms with van der Waals surface area (Å²) in [5.74, 6) is 0.772. The van der Waals surface area contributed by atoms with Crippen LogP contribution in [0.2, 0.25) is 18.1 Å². The van der Waals surface area contributed by atoms with Crippen molar-refractivity contribution in [2.45, 2.75) is 57.8 Å². The molecule has 0 aromatic carbocycles. The lowest BCUT2D eigenvalue weighted by atomic mass is 9.66. The topological polar surface area (TPSA) is 35.5 Å². The zero-order valence-corrected chi connectivity index (χ0v) is 16.1. The minimum atomic E-state index is -1.97. The predicted molar refractivity (Wildman–Crippen MR) is 94.5 cm³/mol. The van der Waals surface area contributed by atoms with E-state index in [2.05, 4.69) is 52.6 Å². The van der Waals surface area contributed by atoms with E-state index in [1.54, 1.807) is 0 Å². The minimum Gasteiger partial charge on any atom is -0.465 e. The molecular weight excluding hydrogens is 304 g/mol. The molecule has 0 aromatic rings. The van der Waals surface area contributed by atoms with E-state index < -0.39 is 8.32 Å². The van der Waals surface area contributed by atoms with Gasteiger partial charge in [0.05, 0.1) is 18.6 Å². The number of hydrogen-bond acceptors (Lipinski definition) is 3. The highest BCUT2D eigenvalue weighted by Gasteiger charge is 2.62. The molecule has 0 radical (unpaired) electrons. The molecule has 0 amide bonds. The number of hydrogen-bond donors (Lipinski definition) is 0. The van der Waals surface area contributed by atoms with Gasteiger partial charge in [0.2, 0.25) is 0 Å². The van der Waals surface area contributed by atoms with E-state index in [4.69, 9.17) is 9.16 Å². The van der Waals surface area contributed by atoms with Gasteiger partial charge in [-0.2, -0.15) is 0 Å². The van der Waals surface area contributed by atoms with Crippen LogP contribution in [0, 0.1) is 23.2 Å². The smallest absolute Gasteiger partial charge is 0.312 e. The van der Waals surface area contributed by atoms with Crippen molar-refractivity contribution in [3.8, 4) is 0 Å². The third-order valence-corrected chi connectivity index (χ3v) is 11.2. The normalized spacial score (nSPS) is 37.4. The van der Waals surface area contributed by atoms with Crippen LogP contribution in [0.4, 0.5) is 0 Å². The number of cyclic esters (lactones) is 1. The fourth-order valence-corrected chi connectivity index (χ4v) is 5.63. The first-order valence-corrected chi connectivity index (χ1v) is 11.7. The molecule has 3 rings (SSSR count). The maximum atomic E-state index is 12.6. The van der Waals surface area contributed by atoms with Crippen LogP contribution in [0.25, 0.3) is 0 Å². The number of carbonyl (C=O) groups excluding carboxylic acids is 1. The molecule has 3 nitrogen and oxygen atoms in total. The predicted octanol–water partition coefficient (Wildman–Crippen LogP) is 4.32. The largest absolute Gasteiger partial charge is 0.465 e. The van der Waals surface area contributed by atoms with Crippen LogP contribution in [0.5, 0.6) is 0 Å². The summed E-state index contributed by atoms with van der Waals surface area (Å²) in [6.07, 6.45) is 8.43. The van der Waals surface area contributed by atoms with Crippen molar-refractivity contribution in [3.05, 3.63) is 24.8 Å². The van der Waals surface area contributed by atoms with Gasteiger partial charge in [-0.15, -0.1) is 6.58 Å². The van der Waals surface area contributed by atoms with Crippen molar-refractivity contribution in [1.29, 1.82) is 0 Å². The van der Waals surface area contributed by atoms with Gasteiger partial charge in [-0.1, -0.05) is 39.0 Å². The number of rotatable bonds is 4. The molecule has 1 aliphatic heterocycles. The van der Waals surface area contributed by atoms with Crippen molar-refractivity contribution >= 4 is 14.3 Å². The van der Waals surface area contributed by atoms with Crippen molar-refractivity contribution in [2.75, 3.05) is 6.61 Å². The molecule has 128 valence electrons. The van der Waals surface area contributed by atoms with Gasteiger partial charge in [-0.3, -0.25) is 4.79 Å². The van der Waals surface area contributed by atoms with Gasteiger partial charge in [0, 0.05) is 5.41 Å². The van der Waals surface area contributed by atoms with E-state index in [1.807, 2.05) is 6.08 Å². The highest BCUT2D eigenvalue weighted by molar-refractivity contribution is 6.74. The Kier molecular flexibility index (Phi) is 3.92. The summed E-state index contributed by atoms with van der Waals surface area (Å²) in [4.78, 5) is 12.6. The molecule has 0 aromatic heterocycles. The molecule has 2 fully saturated rings. The third kappa shape index (κ3) is 2.54. The van der Waals surface area contributed by atoms with E-state index in [0.717, 1.165) is 12.8 Å². The van der Waals surface area contributed by atoms with Crippen molar-refractivity contribution < 1.29 is 14.0 Å². The van der Waals surface area contributed by atoms with E-state index >= 15 is 0 Å². The Balaban J connectivity index is 1.89. The Bertz CT molecular complexity index is 545. The van der Waals surface area contributed by atoms with Crippen LogP contribution in [0.15, 0.2) is 24.8 Å². The lowest BCUT2D eigenvalue weighted by Gasteiger charge is -2.43. The fourth-order valence-electron chi connectivity index (χ4n) is 4.37. The number of carbonyl (C=O) groups is 1. The highest BCUT2D eigenvalue weighted by atomic mass is 28.4. The summed E-state index contributed by atoms with van der Waals surface area (Å²) in [7, 11) is -1.97.